The molecule has 1 heterocycles. The van der Waals surface area contributed by atoms with E-state index in [2.05, 4.69) is 9.97 Å². The number of hydrogen-bond acceptors (Lipinski definition) is 3. The average molecular weight is 148 g/mol. The lowest BCUT2D eigenvalue weighted by Crippen LogP contribution is -2.12. The van der Waals surface area contributed by atoms with Crippen LogP contribution in [0.3, 0.4) is 0 Å². The van der Waals surface area contributed by atoms with Crippen molar-refractivity contribution in [2.75, 3.05) is 0 Å². The Morgan fingerprint density at radius 1 is 1.36 bits per heavy atom. The molecule has 11 heavy (non-hydrogen) atoms. The molecule has 1 aliphatic carbocycles. The van der Waals surface area contributed by atoms with Gasteiger partial charge >= 0.3 is 0 Å². The third kappa shape index (κ3) is 1.02. The Kier molecular flexibility index (Phi) is 1.42. The van der Waals surface area contributed by atoms with Crippen LogP contribution in [0.4, 0.5) is 0 Å². The zero-order valence-electron chi connectivity index (χ0n) is 6.08. The fourth-order valence-electron chi connectivity index (χ4n) is 1.34. The number of ketones is 1. The van der Waals surface area contributed by atoms with E-state index in [0.717, 1.165) is 24.1 Å². The van der Waals surface area contributed by atoms with Crippen LogP contribution in [-0.2, 0) is 6.42 Å². The number of hydrogen-bond donors (Lipinski definition) is 0. The summed E-state index contributed by atoms with van der Waals surface area (Å²) in [7, 11) is 0. The van der Waals surface area contributed by atoms with Gasteiger partial charge in [0.25, 0.3) is 0 Å². The molecule has 0 spiro atoms. The van der Waals surface area contributed by atoms with Crippen LogP contribution >= 0.6 is 0 Å². The number of aromatic nitrogens is 2. The second-order valence-corrected chi connectivity index (χ2v) is 2.66. The summed E-state index contributed by atoms with van der Waals surface area (Å²) in [5.41, 5.74) is 1.63. The number of Topliss-reactive ketones (excluding diaryl/α,β-unsaturated/α-hetero) is 1. The molecule has 1 aromatic rings. The standard InChI is InChI=1S/C8H8N2O/c11-8-3-1-2-7-6(8)4-9-5-10-7/h4-5H,1-3H2. The van der Waals surface area contributed by atoms with Crippen molar-refractivity contribution in [1.29, 1.82) is 0 Å². The van der Waals surface area contributed by atoms with Crippen LogP contribution in [-0.4, -0.2) is 15.8 Å². The van der Waals surface area contributed by atoms with Crippen molar-refractivity contribution in [2.24, 2.45) is 0 Å². The van der Waals surface area contributed by atoms with Crippen LogP contribution in [0.5, 0.6) is 0 Å². The van der Waals surface area contributed by atoms with Crippen molar-refractivity contribution >= 4 is 5.78 Å². The largest absolute Gasteiger partial charge is 0.294 e. The first-order valence-corrected chi connectivity index (χ1v) is 3.70. The molecular formula is C8H8N2O. The third-order valence-corrected chi connectivity index (χ3v) is 1.91. The lowest BCUT2D eigenvalue weighted by Gasteiger charge is -2.10. The van der Waals surface area contributed by atoms with Gasteiger partial charge in [-0.25, -0.2) is 9.97 Å². The predicted molar refractivity (Wildman–Crippen MR) is 39.3 cm³/mol. The van der Waals surface area contributed by atoms with E-state index in [4.69, 9.17) is 0 Å². The Labute approximate surface area is 64.5 Å². The summed E-state index contributed by atoms with van der Waals surface area (Å²) in [6.45, 7) is 0. The zero-order chi connectivity index (χ0) is 7.68. The van der Waals surface area contributed by atoms with Crippen LogP contribution in [0.2, 0.25) is 0 Å². The van der Waals surface area contributed by atoms with Gasteiger partial charge in [-0.1, -0.05) is 0 Å². The smallest absolute Gasteiger partial charge is 0.166 e. The van der Waals surface area contributed by atoms with Crippen molar-refractivity contribution in [1.82, 2.24) is 9.97 Å². The number of rotatable bonds is 0. The molecule has 0 saturated heterocycles. The minimum atomic E-state index is 0.187. The molecule has 1 aromatic heterocycles. The highest BCUT2D eigenvalue weighted by molar-refractivity contribution is 5.97. The van der Waals surface area contributed by atoms with Crippen LogP contribution in [0, 0.1) is 0 Å². The summed E-state index contributed by atoms with van der Waals surface area (Å²) in [6.07, 6.45) is 5.62. The van der Waals surface area contributed by atoms with Crippen molar-refractivity contribution < 1.29 is 4.79 Å². The molecule has 0 N–H and O–H groups in total. The van der Waals surface area contributed by atoms with E-state index in [1.54, 1.807) is 6.20 Å². The van der Waals surface area contributed by atoms with Crippen LogP contribution in [0.1, 0.15) is 28.9 Å². The van der Waals surface area contributed by atoms with E-state index >= 15 is 0 Å². The molecule has 0 bridgehead atoms. The maximum atomic E-state index is 11.2. The molecule has 3 heteroatoms. The first-order valence-electron chi connectivity index (χ1n) is 3.70. The maximum Gasteiger partial charge on any atom is 0.166 e. The number of carbonyl (C=O) groups excluding carboxylic acids is 1. The van der Waals surface area contributed by atoms with Gasteiger partial charge in [0.15, 0.2) is 5.78 Å². The summed E-state index contributed by atoms with van der Waals surface area (Å²) in [4.78, 5) is 19.1. The first kappa shape index (κ1) is 6.46. The Morgan fingerprint density at radius 3 is 3.09 bits per heavy atom. The Bertz CT molecular complexity index is 296. The molecule has 0 unspecified atom stereocenters. The first-order chi connectivity index (χ1) is 5.38. The Morgan fingerprint density at radius 2 is 2.27 bits per heavy atom. The maximum absolute atomic E-state index is 11.2. The normalized spacial score (nSPS) is 16.2. The molecule has 0 saturated carbocycles. The van der Waals surface area contributed by atoms with Gasteiger partial charge in [-0.15, -0.1) is 0 Å². The predicted octanol–water partition coefficient (Wildman–Crippen LogP) is 0.996. The summed E-state index contributed by atoms with van der Waals surface area (Å²) >= 11 is 0. The molecule has 0 atom stereocenters. The van der Waals surface area contributed by atoms with E-state index < -0.39 is 0 Å². The number of nitrogens with zero attached hydrogens (tertiary/aromatic N) is 2. The summed E-state index contributed by atoms with van der Waals surface area (Å²) in [5, 5.41) is 0. The summed E-state index contributed by atoms with van der Waals surface area (Å²) < 4.78 is 0. The van der Waals surface area contributed by atoms with Crippen LogP contribution in [0.15, 0.2) is 12.5 Å². The molecule has 3 nitrogen and oxygen atoms in total. The van der Waals surface area contributed by atoms with Crippen LogP contribution < -0.4 is 0 Å². The van der Waals surface area contributed by atoms with E-state index in [1.165, 1.54) is 6.33 Å². The molecule has 0 radical (unpaired) electrons. The summed E-state index contributed by atoms with van der Waals surface area (Å²) in [6, 6.07) is 0. The van der Waals surface area contributed by atoms with Gasteiger partial charge in [0.2, 0.25) is 0 Å². The number of carbonyl (C=O) groups is 1. The minimum absolute atomic E-state index is 0.187. The quantitative estimate of drug-likeness (QED) is 0.551. The Hall–Kier alpha value is -1.25. The number of aryl methyl sites for hydroxylation is 1. The monoisotopic (exact) mass is 148 g/mol. The molecule has 2 rings (SSSR count). The van der Waals surface area contributed by atoms with E-state index in [-0.39, 0.29) is 5.78 Å². The lowest BCUT2D eigenvalue weighted by molar-refractivity contribution is 0.0971. The summed E-state index contributed by atoms with van der Waals surface area (Å²) in [5.74, 6) is 0.187. The highest BCUT2D eigenvalue weighted by Crippen LogP contribution is 2.16. The molecule has 0 fully saturated rings. The van der Waals surface area contributed by atoms with Crippen molar-refractivity contribution in [3.8, 4) is 0 Å². The van der Waals surface area contributed by atoms with Gasteiger partial charge in [-0.2, -0.15) is 0 Å². The fourth-order valence-corrected chi connectivity index (χ4v) is 1.34. The second-order valence-electron chi connectivity index (χ2n) is 2.66. The van der Waals surface area contributed by atoms with Crippen molar-refractivity contribution in [3.05, 3.63) is 23.8 Å². The Balaban J connectivity index is 2.52. The minimum Gasteiger partial charge on any atom is -0.294 e. The van der Waals surface area contributed by atoms with Gasteiger partial charge in [0.1, 0.15) is 6.33 Å². The van der Waals surface area contributed by atoms with Crippen molar-refractivity contribution in [2.45, 2.75) is 19.3 Å². The van der Waals surface area contributed by atoms with E-state index in [9.17, 15) is 4.79 Å². The molecule has 0 aromatic carbocycles. The van der Waals surface area contributed by atoms with Gasteiger partial charge in [-0.05, 0) is 12.8 Å². The van der Waals surface area contributed by atoms with E-state index in [0.29, 0.717) is 6.42 Å². The molecule has 56 valence electrons. The SMILES string of the molecule is O=C1CCCc2ncncc21. The fraction of sp³-hybridized carbons (Fsp3) is 0.375. The number of fused-ring (bicyclic) bond motifs is 1. The van der Waals surface area contributed by atoms with Crippen molar-refractivity contribution in [3.63, 3.8) is 0 Å². The molecule has 1 aliphatic rings. The lowest BCUT2D eigenvalue weighted by atomic mass is 9.96. The van der Waals surface area contributed by atoms with Gasteiger partial charge < -0.3 is 0 Å². The highest BCUT2D eigenvalue weighted by atomic mass is 16.1. The average Bonchev–Trinajstić information content (AvgIpc) is 2.06. The van der Waals surface area contributed by atoms with Gasteiger partial charge in [0.05, 0.1) is 11.3 Å². The third-order valence-electron chi connectivity index (χ3n) is 1.91. The van der Waals surface area contributed by atoms with Crippen LogP contribution in [0.25, 0.3) is 0 Å². The zero-order valence-corrected chi connectivity index (χ0v) is 6.08. The highest BCUT2D eigenvalue weighted by Gasteiger charge is 2.17. The molecule has 0 amide bonds. The molecular weight excluding hydrogens is 140 g/mol. The topological polar surface area (TPSA) is 42.9 Å². The second kappa shape index (κ2) is 2.42. The van der Waals surface area contributed by atoms with E-state index in [1.807, 2.05) is 0 Å². The van der Waals surface area contributed by atoms with Gasteiger partial charge in [-0.3, -0.25) is 4.79 Å². The molecule has 0 aliphatic heterocycles. The van der Waals surface area contributed by atoms with Gasteiger partial charge in [0, 0.05) is 12.6 Å².